The normalized spacial score (nSPS) is 11.7. The first kappa shape index (κ1) is 25.4. The van der Waals surface area contributed by atoms with Gasteiger partial charge in [-0.1, -0.05) is 0 Å². The third-order valence-electron chi connectivity index (χ3n) is 4.98. The molecule has 0 atom stereocenters. The number of hydrazine groups is 2. The summed E-state index contributed by atoms with van der Waals surface area (Å²) in [5, 5.41) is 40.0. The molecule has 186 valence electrons. The second kappa shape index (κ2) is 10.3. The highest BCUT2D eigenvalue weighted by atomic mass is 16.4. The van der Waals surface area contributed by atoms with Gasteiger partial charge in [0, 0.05) is 48.1 Å². The maximum Gasteiger partial charge on any atom is 0.339 e. The molecule has 0 saturated heterocycles. The number of pyridine rings is 1. The second-order valence-corrected chi connectivity index (χ2v) is 7.46. The van der Waals surface area contributed by atoms with Gasteiger partial charge in [-0.05, 0) is 30.3 Å². The number of carboxylic acids is 2. The number of hydrogen-bond acceptors (Lipinski definition) is 11. The zero-order chi connectivity index (χ0) is 26.6. The fraction of sp³-hybridized carbons (Fsp3) is 0. The van der Waals surface area contributed by atoms with E-state index in [1.807, 2.05) is 0 Å². The average Bonchev–Trinajstić information content (AvgIpc) is 2.83. The topological polar surface area (TPSA) is 239 Å². The van der Waals surface area contributed by atoms with E-state index in [1.54, 1.807) is 6.07 Å². The fourth-order valence-corrected chi connectivity index (χ4v) is 3.08. The number of aromatic hydroxyl groups is 2. The fourth-order valence-electron chi connectivity index (χ4n) is 3.08. The van der Waals surface area contributed by atoms with Crippen molar-refractivity contribution in [2.75, 3.05) is 10.0 Å². The minimum atomic E-state index is -1.28. The molecule has 3 aromatic rings. The Hall–Kier alpha value is -5.27. The van der Waals surface area contributed by atoms with Gasteiger partial charge in [0.25, 0.3) is 0 Å². The van der Waals surface area contributed by atoms with Crippen LogP contribution in [0.1, 0.15) is 31.8 Å². The molecule has 0 bridgehead atoms. The third-order valence-corrected chi connectivity index (χ3v) is 4.98. The van der Waals surface area contributed by atoms with E-state index in [1.165, 1.54) is 61.2 Å². The van der Waals surface area contributed by atoms with Crippen LogP contribution < -0.4 is 33.2 Å². The first-order valence-electron chi connectivity index (χ1n) is 10.1. The number of nitrogens with two attached hydrogens (primary N) is 4. The molecule has 2 aromatic carbocycles. The molecule has 0 radical (unpaired) electrons. The minimum Gasteiger partial charge on any atom is -0.507 e. The number of carboxylic acid groups (broad SMARTS) is 2. The van der Waals surface area contributed by atoms with E-state index in [4.69, 9.17) is 33.4 Å². The van der Waals surface area contributed by atoms with Crippen LogP contribution in [0.5, 0.6) is 11.5 Å². The maximum atomic E-state index is 11.1. The van der Waals surface area contributed by atoms with E-state index in [2.05, 4.69) is 4.98 Å². The van der Waals surface area contributed by atoms with Gasteiger partial charge in [-0.15, -0.1) is 0 Å². The Balaban J connectivity index is 1.82. The highest BCUT2D eigenvalue weighted by Crippen LogP contribution is 2.26. The summed E-state index contributed by atoms with van der Waals surface area (Å²) in [7, 11) is 0. The van der Waals surface area contributed by atoms with E-state index < -0.39 is 23.4 Å². The van der Waals surface area contributed by atoms with Gasteiger partial charge in [0.1, 0.15) is 22.6 Å². The van der Waals surface area contributed by atoms with Gasteiger partial charge < -0.3 is 31.9 Å². The lowest BCUT2D eigenvalue weighted by Gasteiger charge is -2.17. The van der Waals surface area contributed by atoms with Crippen molar-refractivity contribution in [1.29, 1.82) is 0 Å². The van der Waals surface area contributed by atoms with Gasteiger partial charge in [0.05, 0.1) is 22.8 Å². The largest absolute Gasteiger partial charge is 0.507 e. The Morgan fingerprint density at radius 3 is 1.44 bits per heavy atom. The summed E-state index contributed by atoms with van der Waals surface area (Å²) in [6.07, 6.45) is 5.62. The van der Waals surface area contributed by atoms with Crippen LogP contribution in [0.15, 0.2) is 67.3 Å². The van der Waals surface area contributed by atoms with E-state index in [0.717, 1.165) is 10.0 Å². The van der Waals surface area contributed by atoms with Gasteiger partial charge in [0.15, 0.2) is 0 Å². The van der Waals surface area contributed by atoms with E-state index >= 15 is 0 Å². The highest BCUT2D eigenvalue weighted by molar-refractivity contribution is 5.92. The molecule has 12 N–H and O–H groups in total. The summed E-state index contributed by atoms with van der Waals surface area (Å²) in [6.45, 7) is 0. The molecule has 1 aromatic heterocycles. The van der Waals surface area contributed by atoms with Crippen molar-refractivity contribution in [3.05, 3.63) is 89.5 Å². The molecular formula is C23H23N7O6. The molecule has 1 heterocycles. The highest BCUT2D eigenvalue weighted by Gasteiger charge is 2.13. The maximum absolute atomic E-state index is 11.1. The molecule has 0 saturated carbocycles. The molecule has 13 heteroatoms. The summed E-state index contributed by atoms with van der Waals surface area (Å²) >= 11 is 0. The SMILES string of the molecule is N/C(=C\N(N)c1ccc(C(=O)O)c(O)c1)c1cncc(/C(N)=C/N(N)c2ccc(C(=O)O)c(O)c2)c1. The lowest BCUT2D eigenvalue weighted by atomic mass is 10.1. The number of benzene rings is 2. The van der Waals surface area contributed by atoms with Crippen molar-refractivity contribution < 1.29 is 30.0 Å². The molecule has 13 nitrogen and oxygen atoms in total. The van der Waals surface area contributed by atoms with Crippen molar-refractivity contribution in [3.8, 4) is 11.5 Å². The number of carbonyl (C=O) groups is 2. The van der Waals surface area contributed by atoms with E-state index in [-0.39, 0.29) is 33.9 Å². The van der Waals surface area contributed by atoms with Crippen LogP contribution in [0.2, 0.25) is 0 Å². The number of aromatic nitrogens is 1. The monoisotopic (exact) mass is 493 g/mol. The third kappa shape index (κ3) is 5.61. The standard InChI is InChI=1S/C23H23N7O6/c24-18(10-29(26)14-1-3-16(22(33)34)20(31)6-14)12-5-13(9-28-8-12)19(25)11-30(27)15-2-4-17(23(35)36)21(32)7-15/h1-11,31-32H,24-27H2,(H,33,34)(H,35,36)/b18-10-,19-11-. The molecule has 0 unspecified atom stereocenters. The van der Waals surface area contributed by atoms with Gasteiger partial charge in [0.2, 0.25) is 0 Å². The molecule has 0 aliphatic rings. The van der Waals surface area contributed by atoms with Crippen LogP contribution in [0, 0.1) is 0 Å². The van der Waals surface area contributed by atoms with Gasteiger partial charge in [-0.25, -0.2) is 21.3 Å². The molecule has 3 rings (SSSR count). The van der Waals surface area contributed by atoms with Crippen molar-refractivity contribution in [2.24, 2.45) is 23.2 Å². The first-order chi connectivity index (χ1) is 17.0. The number of anilines is 2. The molecular weight excluding hydrogens is 470 g/mol. The van der Waals surface area contributed by atoms with E-state index in [0.29, 0.717) is 11.1 Å². The number of rotatable bonds is 8. The Morgan fingerprint density at radius 1 is 0.722 bits per heavy atom. The quantitative estimate of drug-likeness (QED) is 0.162. The van der Waals surface area contributed by atoms with Crippen molar-refractivity contribution in [3.63, 3.8) is 0 Å². The summed E-state index contributed by atoms with van der Waals surface area (Å²) < 4.78 is 0. The summed E-state index contributed by atoms with van der Waals surface area (Å²) in [4.78, 5) is 26.2. The van der Waals surface area contributed by atoms with Crippen LogP contribution in [0.25, 0.3) is 11.4 Å². The molecule has 0 fully saturated rings. The lowest BCUT2D eigenvalue weighted by Crippen LogP contribution is -2.26. The van der Waals surface area contributed by atoms with E-state index in [9.17, 15) is 19.8 Å². The van der Waals surface area contributed by atoms with Crippen LogP contribution in [-0.2, 0) is 0 Å². The van der Waals surface area contributed by atoms with Crippen LogP contribution in [0.3, 0.4) is 0 Å². The molecule has 0 aliphatic heterocycles. The number of phenols is 2. The minimum absolute atomic E-state index is 0.181. The molecule has 0 aliphatic carbocycles. The second-order valence-electron chi connectivity index (χ2n) is 7.46. The lowest BCUT2D eigenvalue weighted by molar-refractivity contribution is 0.0682. The van der Waals surface area contributed by atoms with Crippen molar-refractivity contribution in [2.45, 2.75) is 0 Å². The zero-order valence-corrected chi connectivity index (χ0v) is 18.6. The van der Waals surface area contributed by atoms with Crippen molar-refractivity contribution >= 4 is 34.7 Å². The first-order valence-corrected chi connectivity index (χ1v) is 10.1. The number of aromatic carboxylic acids is 2. The van der Waals surface area contributed by atoms with Crippen molar-refractivity contribution in [1.82, 2.24) is 4.98 Å². The predicted octanol–water partition coefficient (Wildman–Crippen LogP) is 1.16. The predicted molar refractivity (Wildman–Crippen MR) is 132 cm³/mol. The number of nitrogens with zero attached hydrogens (tertiary/aromatic N) is 3. The van der Waals surface area contributed by atoms with Crippen LogP contribution >= 0.6 is 0 Å². The molecule has 0 spiro atoms. The Morgan fingerprint density at radius 2 is 1.11 bits per heavy atom. The van der Waals surface area contributed by atoms with Gasteiger partial charge in [-0.2, -0.15) is 0 Å². The van der Waals surface area contributed by atoms with Gasteiger partial charge >= 0.3 is 11.9 Å². The smallest absolute Gasteiger partial charge is 0.339 e. The Bertz CT molecular complexity index is 1290. The molecule has 0 amide bonds. The van der Waals surface area contributed by atoms with Gasteiger partial charge in [-0.3, -0.25) is 15.0 Å². The molecule has 36 heavy (non-hydrogen) atoms. The summed E-state index contributed by atoms with van der Waals surface area (Å²) in [5.74, 6) is 8.48. The van der Waals surface area contributed by atoms with Crippen LogP contribution in [-0.4, -0.2) is 37.3 Å². The van der Waals surface area contributed by atoms with Crippen LogP contribution in [0.4, 0.5) is 11.4 Å². The zero-order valence-electron chi connectivity index (χ0n) is 18.6. The average molecular weight is 493 g/mol. The summed E-state index contributed by atoms with van der Waals surface area (Å²) in [6, 6.07) is 9.19. The Labute approximate surface area is 204 Å². The number of hydrogen-bond donors (Lipinski definition) is 8. The Kier molecular flexibility index (Phi) is 7.28. The summed E-state index contributed by atoms with van der Waals surface area (Å²) in [5.41, 5.74) is 13.5.